The van der Waals surface area contributed by atoms with Crippen molar-refractivity contribution in [1.82, 2.24) is 5.32 Å². The van der Waals surface area contributed by atoms with Crippen molar-refractivity contribution in [2.24, 2.45) is 0 Å². The van der Waals surface area contributed by atoms with Crippen LogP contribution in [0.1, 0.15) is 35.3 Å². The van der Waals surface area contributed by atoms with Gasteiger partial charge in [-0.1, -0.05) is 72.8 Å². The minimum Gasteiger partial charge on any atom is -0.489 e. The summed E-state index contributed by atoms with van der Waals surface area (Å²) >= 11 is 0. The fourth-order valence-electron chi connectivity index (χ4n) is 4.33. The highest BCUT2D eigenvalue weighted by Gasteiger charge is 2.20. The zero-order valence-corrected chi connectivity index (χ0v) is 21.8. The van der Waals surface area contributed by atoms with E-state index >= 15 is 0 Å². The Labute approximate surface area is 224 Å². The molecule has 0 saturated carbocycles. The van der Waals surface area contributed by atoms with E-state index < -0.39 is 6.10 Å². The summed E-state index contributed by atoms with van der Waals surface area (Å²) in [6.45, 7) is 4.63. The third kappa shape index (κ3) is 7.18. The number of hydrogen-bond acceptors (Lipinski definition) is 5. The lowest BCUT2D eigenvalue weighted by atomic mass is 9.93. The van der Waals surface area contributed by atoms with Crippen LogP contribution in [0, 0.1) is 11.3 Å². The van der Waals surface area contributed by atoms with Crippen molar-refractivity contribution in [3.05, 3.63) is 102 Å². The van der Waals surface area contributed by atoms with Crippen molar-refractivity contribution in [1.29, 1.82) is 5.26 Å². The highest BCUT2D eigenvalue weighted by atomic mass is 35.5. The fourth-order valence-corrected chi connectivity index (χ4v) is 4.33. The Hall–Kier alpha value is -3.69. The zero-order valence-electron chi connectivity index (χ0n) is 21.0. The predicted molar refractivity (Wildman–Crippen MR) is 150 cm³/mol. The van der Waals surface area contributed by atoms with Gasteiger partial charge >= 0.3 is 0 Å². The van der Waals surface area contributed by atoms with Crippen molar-refractivity contribution < 1.29 is 14.6 Å². The van der Waals surface area contributed by atoms with E-state index in [-0.39, 0.29) is 24.6 Å². The van der Waals surface area contributed by atoms with Gasteiger partial charge in [-0.2, -0.15) is 5.26 Å². The van der Waals surface area contributed by atoms with Crippen molar-refractivity contribution >= 4 is 29.5 Å². The lowest BCUT2D eigenvalue weighted by molar-refractivity contribution is 0.0987. The molecule has 4 aromatic rings. The number of carbonyl (C=O) groups excluding carboxylic acids is 1. The first-order valence-corrected chi connectivity index (χ1v) is 12.0. The smallest absolute Gasteiger partial charge is 0.150 e. The van der Waals surface area contributed by atoms with Gasteiger partial charge in [0.15, 0.2) is 6.29 Å². The Morgan fingerprint density at radius 3 is 2.49 bits per heavy atom. The number of nitriles is 1. The molecule has 0 aliphatic heterocycles. The first kappa shape index (κ1) is 27.9. The number of rotatable bonds is 10. The summed E-state index contributed by atoms with van der Waals surface area (Å²) in [7, 11) is 0. The number of hydrogen-bond donors (Lipinski definition) is 2. The number of β-amino-alcohol motifs (C(OH)–C–C–N with tert-alkyl or cyclic N) is 1. The molecule has 0 aliphatic carbocycles. The van der Waals surface area contributed by atoms with Crippen molar-refractivity contribution in [3.8, 4) is 22.9 Å². The van der Waals surface area contributed by atoms with Gasteiger partial charge in [0.25, 0.3) is 0 Å². The number of carbonyl (C=O) groups is 1. The number of ether oxygens (including phenoxy) is 1. The summed E-state index contributed by atoms with van der Waals surface area (Å²) < 4.78 is 5.79. The minimum absolute atomic E-state index is 0. The molecule has 190 valence electrons. The van der Waals surface area contributed by atoms with Crippen LogP contribution in [-0.4, -0.2) is 36.2 Å². The molecule has 1 atom stereocenters. The second-order valence-corrected chi connectivity index (χ2v) is 9.62. The van der Waals surface area contributed by atoms with Gasteiger partial charge in [0, 0.05) is 17.6 Å². The molecule has 0 aliphatic rings. The van der Waals surface area contributed by atoms with Gasteiger partial charge in [-0.25, -0.2) is 0 Å². The van der Waals surface area contributed by atoms with E-state index in [9.17, 15) is 15.2 Å². The van der Waals surface area contributed by atoms with Gasteiger partial charge in [-0.15, -0.1) is 12.4 Å². The Kier molecular flexibility index (Phi) is 9.43. The van der Waals surface area contributed by atoms with Gasteiger partial charge < -0.3 is 15.2 Å². The maximum atomic E-state index is 11.4. The van der Waals surface area contributed by atoms with Gasteiger partial charge in [0.1, 0.15) is 24.5 Å². The number of aliphatic hydroxyl groups excluding tert-OH is 1. The summed E-state index contributed by atoms with van der Waals surface area (Å²) in [6, 6.07) is 29.4. The minimum atomic E-state index is -0.747. The normalized spacial score (nSPS) is 11.8. The van der Waals surface area contributed by atoms with Crippen molar-refractivity contribution in [2.75, 3.05) is 13.2 Å². The first-order chi connectivity index (χ1) is 17.4. The van der Waals surface area contributed by atoms with E-state index in [1.165, 1.54) is 16.3 Å². The third-order valence-corrected chi connectivity index (χ3v) is 6.21. The van der Waals surface area contributed by atoms with Crippen LogP contribution in [0.2, 0.25) is 0 Å². The quantitative estimate of drug-likeness (QED) is 0.255. The molecule has 1 unspecified atom stereocenters. The highest BCUT2D eigenvalue weighted by Crippen LogP contribution is 2.28. The summed E-state index contributed by atoms with van der Waals surface area (Å²) in [5.74, 6) is 0.402. The van der Waals surface area contributed by atoms with Crippen LogP contribution in [0.25, 0.3) is 21.9 Å². The molecule has 0 heterocycles. The summed E-state index contributed by atoms with van der Waals surface area (Å²) in [5, 5.41) is 26.0. The SMILES string of the molecule is CC(C)(Cc1ccc2ccccc2c1)NCC(O)COc1ccc(-c2ccccc2C=O)cc1C#N.Cl. The van der Waals surface area contributed by atoms with Gasteiger partial charge in [-0.05, 0) is 59.9 Å². The molecular formula is C31H31ClN2O3. The third-order valence-electron chi connectivity index (χ3n) is 6.21. The standard InChI is InChI=1S/C31H30N2O3.ClH/c1-31(2,17-22-11-12-23-7-3-4-8-24(23)15-22)33-19-28(35)21-36-30-14-13-25(16-27(30)18-32)29-10-6-5-9-26(29)20-34;/h3-16,20,28,33,35H,17,19,21H2,1-2H3;1H. The number of nitrogens with one attached hydrogen (secondary N) is 1. The number of benzene rings is 4. The molecule has 0 fully saturated rings. The largest absolute Gasteiger partial charge is 0.489 e. The highest BCUT2D eigenvalue weighted by molar-refractivity contribution is 5.88. The van der Waals surface area contributed by atoms with E-state index in [2.05, 4.69) is 55.6 Å². The lowest BCUT2D eigenvalue weighted by Gasteiger charge is -2.28. The summed E-state index contributed by atoms with van der Waals surface area (Å²) in [6.07, 6.45) is 0.868. The number of aliphatic hydroxyl groups is 1. The molecule has 5 nitrogen and oxygen atoms in total. The summed E-state index contributed by atoms with van der Waals surface area (Å²) in [5.41, 5.74) is 3.43. The van der Waals surface area contributed by atoms with Crippen LogP contribution in [0.5, 0.6) is 5.75 Å². The molecule has 4 rings (SSSR count). The van der Waals surface area contributed by atoms with Gasteiger partial charge in [0.05, 0.1) is 5.56 Å². The molecule has 0 radical (unpaired) electrons. The average molecular weight is 515 g/mol. The molecule has 37 heavy (non-hydrogen) atoms. The monoisotopic (exact) mass is 514 g/mol. The number of aldehydes is 1. The molecule has 0 bridgehead atoms. The average Bonchev–Trinajstić information content (AvgIpc) is 2.90. The number of halogens is 1. The molecule has 0 aromatic heterocycles. The molecule has 4 aromatic carbocycles. The molecule has 0 amide bonds. The van der Waals surface area contributed by atoms with Crippen LogP contribution < -0.4 is 10.1 Å². The Balaban J connectivity index is 0.00000380. The van der Waals surface area contributed by atoms with E-state index in [0.29, 0.717) is 23.4 Å². The maximum Gasteiger partial charge on any atom is 0.150 e. The maximum absolute atomic E-state index is 11.4. The van der Waals surface area contributed by atoms with E-state index in [1.54, 1.807) is 24.3 Å². The first-order valence-electron chi connectivity index (χ1n) is 12.0. The van der Waals surface area contributed by atoms with E-state index in [1.807, 2.05) is 30.3 Å². The second-order valence-electron chi connectivity index (χ2n) is 9.62. The second kappa shape index (κ2) is 12.5. The van der Waals surface area contributed by atoms with Crippen molar-refractivity contribution in [3.63, 3.8) is 0 Å². The zero-order chi connectivity index (χ0) is 25.5. The van der Waals surface area contributed by atoms with Gasteiger partial charge in [-0.3, -0.25) is 4.79 Å². The molecular weight excluding hydrogens is 484 g/mol. The van der Waals surface area contributed by atoms with Crippen LogP contribution >= 0.6 is 12.4 Å². The Morgan fingerprint density at radius 1 is 1.00 bits per heavy atom. The van der Waals surface area contributed by atoms with Crippen LogP contribution in [0.15, 0.2) is 84.9 Å². The summed E-state index contributed by atoms with van der Waals surface area (Å²) in [4.78, 5) is 11.4. The van der Waals surface area contributed by atoms with Crippen LogP contribution in [-0.2, 0) is 6.42 Å². The molecule has 0 saturated heterocycles. The number of nitrogens with zero attached hydrogens (tertiary/aromatic N) is 1. The Bertz CT molecular complexity index is 1410. The van der Waals surface area contributed by atoms with Crippen molar-refractivity contribution in [2.45, 2.75) is 31.9 Å². The topological polar surface area (TPSA) is 82.3 Å². The Morgan fingerprint density at radius 2 is 1.73 bits per heavy atom. The fraction of sp³-hybridized carbons (Fsp3) is 0.226. The predicted octanol–water partition coefficient (Wildman–Crippen LogP) is 5.96. The van der Waals surface area contributed by atoms with E-state index in [0.717, 1.165) is 23.8 Å². The van der Waals surface area contributed by atoms with Gasteiger partial charge in [0.2, 0.25) is 0 Å². The lowest BCUT2D eigenvalue weighted by Crippen LogP contribution is -2.46. The molecule has 2 N–H and O–H groups in total. The molecule has 6 heteroatoms. The van der Waals surface area contributed by atoms with E-state index in [4.69, 9.17) is 4.74 Å². The van der Waals surface area contributed by atoms with Crippen LogP contribution in [0.4, 0.5) is 0 Å². The number of fused-ring (bicyclic) bond motifs is 1. The van der Waals surface area contributed by atoms with Crippen LogP contribution in [0.3, 0.4) is 0 Å². The molecule has 0 spiro atoms.